The van der Waals surface area contributed by atoms with E-state index in [0.717, 1.165) is 19.6 Å². The van der Waals surface area contributed by atoms with Crippen LogP contribution in [0.15, 0.2) is 12.4 Å². The van der Waals surface area contributed by atoms with Crippen LogP contribution in [0.1, 0.15) is 6.42 Å². The monoisotopic (exact) mass is 266 g/mol. The second kappa shape index (κ2) is 4.71. The first-order chi connectivity index (χ1) is 5.33. The van der Waals surface area contributed by atoms with E-state index < -0.39 is 0 Å². The van der Waals surface area contributed by atoms with Crippen molar-refractivity contribution in [3.8, 4) is 0 Å². The first kappa shape index (κ1) is 8.99. The van der Waals surface area contributed by atoms with Gasteiger partial charge in [-0.1, -0.05) is 0 Å². The van der Waals surface area contributed by atoms with E-state index in [9.17, 15) is 0 Å². The summed E-state index contributed by atoms with van der Waals surface area (Å²) < 4.78 is 8.04. The maximum absolute atomic E-state index is 4.93. The summed E-state index contributed by atoms with van der Waals surface area (Å²) in [6.45, 7) is 1.74. The fraction of sp³-hybridized carbons (Fsp3) is 0.571. The standard InChI is InChI=1S/C7H11IN2O/c1-11-4-2-3-10-6-7(8)5-9-10/h5-6H,2-4H2,1H3. The van der Waals surface area contributed by atoms with Gasteiger partial charge in [-0.25, -0.2) is 0 Å². The molecule has 62 valence electrons. The molecular weight excluding hydrogens is 255 g/mol. The summed E-state index contributed by atoms with van der Waals surface area (Å²) in [6.07, 6.45) is 4.90. The molecule has 0 atom stereocenters. The Hall–Kier alpha value is -0.100. The van der Waals surface area contributed by atoms with Crippen molar-refractivity contribution in [3.05, 3.63) is 16.0 Å². The Kier molecular flexibility index (Phi) is 3.85. The zero-order valence-corrected chi connectivity index (χ0v) is 8.61. The zero-order chi connectivity index (χ0) is 8.10. The van der Waals surface area contributed by atoms with Crippen LogP contribution in [0.25, 0.3) is 0 Å². The molecule has 0 spiro atoms. The lowest BCUT2D eigenvalue weighted by Gasteiger charge is -1.98. The third-order valence-electron chi connectivity index (χ3n) is 1.34. The molecule has 11 heavy (non-hydrogen) atoms. The molecule has 1 aromatic heterocycles. The molecule has 0 bridgehead atoms. The summed E-state index contributed by atoms with van der Waals surface area (Å²) >= 11 is 2.25. The lowest BCUT2D eigenvalue weighted by atomic mass is 10.4. The summed E-state index contributed by atoms with van der Waals surface area (Å²) in [5.41, 5.74) is 0. The Balaban J connectivity index is 2.27. The molecule has 0 N–H and O–H groups in total. The fourth-order valence-electron chi connectivity index (χ4n) is 0.832. The summed E-state index contributed by atoms with van der Waals surface area (Å²) in [6, 6.07) is 0. The largest absolute Gasteiger partial charge is 0.385 e. The number of aromatic nitrogens is 2. The van der Waals surface area contributed by atoms with Gasteiger partial charge in [-0.3, -0.25) is 4.68 Å². The Labute approximate surface area is 79.9 Å². The van der Waals surface area contributed by atoms with Crippen molar-refractivity contribution >= 4 is 22.6 Å². The molecule has 0 saturated carbocycles. The SMILES string of the molecule is COCCCn1cc(I)cn1. The minimum atomic E-state index is 0.802. The molecule has 4 heteroatoms. The molecule has 0 aliphatic carbocycles. The van der Waals surface area contributed by atoms with Gasteiger partial charge in [0.05, 0.1) is 9.77 Å². The minimum absolute atomic E-state index is 0.802. The van der Waals surface area contributed by atoms with Gasteiger partial charge in [0.15, 0.2) is 0 Å². The van der Waals surface area contributed by atoms with Crippen molar-refractivity contribution in [2.75, 3.05) is 13.7 Å². The maximum Gasteiger partial charge on any atom is 0.0623 e. The molecule has 0 fully saturated rings. The van der Waals surface area contributed by atoms with Crippen LogP contribution >= 0.6 is 22.6 Å². The Bertz CT molecular complexity index is 212. The minimum Gasteiger partial charge on any atom is -0.385 e. The summed E-state index contributed by atoms with van der Waals surface area (Å²) in [7, 11) is 1.72. The van der Waals surface area contributed by atoms with Crippen LogP contribution in [0.2, 0.25) is 0 Å². The molecule has 0 aliphatic rings. The molecule has 0 aromatic carbocycles. The number of ether oxygens (including phenoxy) is 1. The number of rotatable bonds is 4. The quantitative estimate of drug-likeness (QED) is 0.610. The fourth-order valence-corrected chi connectivity index (χ4v) is 1.28. The van der Waals surface area contributed by atoms with Crippen molar-refractivity contribution in [2.24, 2.45) is 0 Å². The van der Waals surface area contributed by atoms with E-state index in [1.54, 1.807) is 7.11 Å². The number of halogens is 1. The predicted molar refractivity (Wildman–Crippen MR) is 51.4 cm³/mol. The van der Waals surface area contributed by atoms with E-state index in [-0.39, 0.29) is 0 Å². The third kappa shape index (κ3) is 3.20. The highest BCUT2D eigenvalue weighted by Gasteiger charge is 1.93. The third-order valence-corrected chi connectivity index (χ3v) is 1.89. The van der Waals surface area contributed by atoms with Gasteiger partial charge >= 0.3 is 0 Å². The van der Waals surface area contributed by atoms with E-state index in [4.69, 9.17) is 4.74 Å². The number of hydrogen-bond acceptors (Lipinski definition) is 2. The Morgan fingerprint density at radius 2 is 2.55 bits per heavy atom. The molecule has 0 unspecified atom stereocenters. The molecule has 3 nitrogen and oxygen atoms in total. The van der Waals surface area contributed by atoms with E-state index in [0.29, 0.717) is 0 Å². The van der Waals surface area contributed by atoms with Crippen molar-refractivity contribution in [2.45, 2.75) is 13.0 Å². The smallest absolute Gasteiger partial charge is 0.0623 e. The zero-order valence-electron chi connectivity index (χ0n) is 6.46. The number of aryl methyl sites for hydroxylation is 1. The topological polar surface area (TPSA) is 27.1 Å². The van der Waals surface area contributed by atoms with Crippen molar-refractivity contribution in [1.82, 2.24) is 9.78 Å². The average molecular weight is 266 g/mol. The summed E-state index contributed by atoms with van der Waals surface area (Å²) in [5.74, 6) is 0. The van der Waals surface area contributed by atoms with Gasteiger partial charge in [0.25, 0.3) is 0 Å². The van der Waals surface area contributed by atoms with Gasteiger partial charge in [0.2, 0.25) is 0 Å². The molecule has 0 radical (unpaired) electrons. The molecule has 0 amide bonds. The lowest BCUT2D eigenvalue weighted by Crippen LogP contribution is -2.01. The van der Waals surface area contributed by atoms with Crippen molar-refractivity contribution in [3.63, 3.8) is 0 Å². The summed E-state index contributed by atoms with van der Waals surface area (Å²) in [5, 5.41) is 4.14. The Morgan fingerprint density at radius 3 is 3.09 bits per heavy atom. The van der Waals surface area contributed by atoms with Gasteiger partial charge < -0.3 is 4.74 Å². The molecule has 1 rings (SSSR count). The van der Waals surface area contributed by atoms with Crippen LogP contribution in [0.4, 0.5) is 0 Å². The number of methoxy groups -OCH3 is 1. The highest BCUT2D eigenvalue weighted by molar-refractivity contribution is 14.1. The molecule has 0 aliphatic heterocycles. The number of hydrogen-bond donors (Lipinski definition) is 0. The maximum atomic E-state index is 4.93. The van der Waals surface area contributed by atoms with Crippen LogP contribution < -0.4 is 0 Å². The second-order valence-electron chi connectivity index (χ2n) is 2.27. The highest BCUT2D eigenvalue weighted by Crippen LogP contribution is 2.01. The molecule has 0 saturated heterocycles. The van der Waals surface area contributed by atoms with E-state index >= 15 is 0 Å². The van der Waals surface area contributed by atoms with Gasteiger partial charge in [-0.15, -0.1) is 0 Å². The first-order valence-corrected chi connectivity index (χ1v) is 4.57. The van der Waals surface area contributed by atoms with E-state index in [1.165, 1.54) is 3.57 Å². The highest BCUT2D eigenvalue weighted by atomic mass is 127. The molecular formula is C7H11IN2O. The van der Waals surface area contributed by atoms with Gasteiger partial charge in [0.1, 0.15) is 0 Å². The number of nitrogens with zero attached hydrogens (tertiary/aromatic N) is 2. The average Bonchev–Trinajstić information content (AvgIpc) is 2.37. The first-order valence-electron chi connectivity index (χ1n) is 3.50. The van der Waals surface area contributed by atoms with Gasteiger partial charge in [-0.05, 0) is 29.0 Å². The van der Waals surface area contributed by atoms with Crippen molar-refractivity contribution in [1.29, 1.82) is 0 Å². The molecule has 1 aromatic rings. The van der Waals surface area contributed by atoms with Gasteiger partial charge in [0, 0.05) is 26.5 Å². The predicted octanol–water partition coefficient (Wildman–Crippen LogP) is 1.52. The van der Waals surface area contributed by atoms with E-state index in [1.807, 2.05) is 17.1 Å². The molecule has 1 heterocycles. The lowest BCUT2D eigenvalue weighted by molar-refractivity contribution is 0.189. The van der Waals surface area contributed by atoms with Crippen LogP contribution in [0.5, 0.6) is 0 Å². The summed E-state index contributed by atoms with van der Waals surface area (Å²) in [4.78, 5) is 0. The second-order valence-corrected chi connectivity index (χ2v) is 3.51. The normalized spacial score (nSPS) is 10.4. The van der Waals surface area contributed by atoms with Crippen LogP contribution in [-0.4, -0.2) is 23.5 Å². The Morgan fingerprint density at radius 1 is 1.73 bits per heavy atom. The van der Waals surface area contributed by atoms with Gasteiger partial charge in [-0.2, -0.15) is 5.10 Å². The van der Waals surface area contributed by atoms with Crippen LogP contribution in [0, 0.1) is 3.57 Å². The van der Waals surface area contributed by atoms with Crippen LogP contribution in [0.3, 0.4) is 0 Å². The van der Waals surface area contributed by atoms with E-state index in [2.05, 4.69) is 27.7 Å². The van der Waals surface area contributed by atoms with Crippen molar-refractivity contribution < 1.29 is 4.74 Å². The van der Waals surface area contributed by atoms with Crippen LogP contribution in [-0.2, 0) is 11.3 Å².